The summed E-state index contributed by atoms with van der Waals surface area (Å²) >= 11 is 0. The van der Waals surface area contributed by atoms with Gasteiger partial charge in [0, 0.05) is 18.0 Å². The normalized spacial score (nSPS) is 10.5. The Kier molecular flexibility index (Phi) is 3.28. The van der Waals surface area contributed by atoms with Gasteiger partial charge in [-0.05, 0) is 24.1 Å². The lowest BCUT2D eigenvalue weighted by Gasteiger charge is -2.14. The van der Waals surface area contributed by atoms with Gasteiger partial charge in [0.1, 0.15) is 0 Å². The first-order valence-corrected chi connectivity index (χ1v) is 6.59. The predicted octanol–water partition coefficient (Wildman–Crippen LogP) is 3.55. The van der Waals surface area contributed by atoms with Gasteiger partial charge in [-0.15, -0.1) is 0 Å². The molecule has 1 aromatic heterocycles. The fourth-order valence-electron chi connectivity index (χ4n) is 2.50. The predicted molar refractivity (Wildman–Crippen MR) is 80.7 cm³/mol. The number of carboxylic acid groups (broad SMARTS) is 1. The van der Waals surface area contributed by atoms with Gasteiger partial charge in [-0.2, -0.15) is 0 Å². The van der Waals surface area contributed by atoms with Crippen LogP contribution >= 0.6 is 0 Å². The summed E-state index contributed by atoms with van der Waals surface area (Å²) in [5.41, 5.74) is 3.58. The van der Waals surface area contributed by atoms with Crippen molar-refractivity contribution in [3.8, 4) is 16.8 Å². The maximum absolute atomic E-state index is 11.6. The number of benzene rings is 2. The molecule has 0 saturated carbocycles. The molecule has 0 bridgehead atoms. The fraction of sp³-hybridized carbons (Fsp3) is 0.0588. The summed E-state index contributed by atoms with van der Waals surface area (Å²) < 4.78 is 1.88. The summed E-state index contributed by atoms with van der Waals surface area (Å²) in [4.78, 5) is 15.6. The molecule has 0 saturated heterocycles. The van der Waals surface area contributed by atoms with Crippen LogP contribution in [0.4, 0.5) is 0 Å². The average molecular weight is 278 g/mol. The molecule has 21 heavy (non-hydrogen) atoms. The van der Waals surface area contributed by atoms with E-state index in [1.807, 2.05) is 60.2 Å². The Morgan fingerprint density at radius 1 is 1.10 bits per heavy atom. The molecule has 2 aromatic carbocycles. The summed E-state index contributed by atoms with van der Waals surface area (Å²) in [6.07, 6.45) is 5.25. The van der Waals surface area contributed by atoms with E-state index < -0.39 is 5.97 Å². The molecule has 0 unspecified atom stereocenters. The highest BCUT2D eigenvalue weighted by Gasteiger charge is 2.16. The van der Waals surface area contributed by atoms with E-state index in [1.165, 1.54) is 0 Å². The Morgan fingerprint density at radius 3 is 2.57 bits per heavy atom. The molecule has 104 valence electrons. The van der Waals surface area contributed by atoms with Crippen molar-refractivity contribution in [1.29, 1.82) is 0 Å². The van der Waals surface area contributed by atoms with Gasteiger partial charge in [-0.25, -0.2) is 9.78 Å². The summed E-state index contributed by atoms with van der Waals surface area (Å²) in [7, 11) is 0. The largest absolute Gasteiger partial charge is 0.478 e. The summed E-state index contributed by atoms with van der Waals surface area (Å²) in [6.45, 7) is 1.81. The number of rotatable bonds is 3. The topological polar surface area (TPSA) is 55.1 Å². The Labute approximate surface area is 122 Å². The molecule has 0 aliphatic heterocycles. The molecule has 0 spiro atoms. The van der Waals surface area contributed by atoms with Crippen molar-refractivity contribution in [2.75, 3.05) is 0 Å². The van der Waals surface area contributed by atoms with Crippen LogP contribution in [0.1, 0.15) is 15.9 Å². The number of para-hydroxylation sites is 1. The quantitative estimate of drug-likeness (QED) is 0.797. The zero-order valence-corrected chi connectivity index (χ0v) is 11.5. The van der Waals surface area contributed by atoms with Crippen molar-refractivity contribution >= 4 is 5.97 Å². The van der Waals surface area contributed by atoms with Gasteiger partial charge in [-0.1, -0.05) is 36.4 Å². The number of imidazole rings is 1. The first-order chi connectivity index (χ1) is 10.2. The Balaban J connectivity index is 2.28. The number of aromatic carboxylic acids is 1. The Morgan fingerprint density at radius 2 is 1.86 bits per heavy atom. The van der Waals surface area contributed by atoms with Crippen LogP contribution < -0.4 is 0 Å². The second kappa shape index (κ2) is 5.25. The minimum Gasteiger partial charge on any atom is -0.478 e. The van der Waals surface area contributed by atoms with E-state index in [9.17, 15) is 9.90 Å². The van der Waals surface area contributed by atoms with Crippen molar-refractivity contribution in [2.45, 2.75) is 6.92 Å². The number of hydrogen-bond acceptors (Lipinski definition) is 2. The number of nitrogens with zero attached hydrogens (tertiary/aromatic N) is 2. The third-order valence-electron chi connectivity index (χ3n) is 3.46. The molecular formula is C17H14N2O2. The number of aryl methyl sites for hydroxylation is 1. The highest BCUT2D eigenvalue weighted by Crippen LogP contribution is 2.31. The first-order valence-electron chi connectivity index (χ1n) is 6.59. The van der Waals surface area contributed by atoms with E-state index in [1.54, 1.807) is 12.5 Å². The van der Waals surface area contributed by atoms with Crippen LogP contribution in [0.25, 0.3) is 16.8 Å². The molecule has 3 rings (SSSR count). The van der Waals surface area contributed by atoms with Crippen LogP contribution in [-0.4, -0.2) is 20.6 Å². The van der Waals surface area contributed by atoms with Gasteiger partial charge < -0.3 is 9.67 Å². The average Bonchev–Trinajstić information content (AvgIpc) is 3.00. The van der Waals surface area contributed by atoms with Crippen molar-refractivity contribution < 1.29 is 9.90 Å². The van der Waals surface area contributed by atoms with Crippen LogP contribution in [0, 0.1) is 6.92 Å². The minimum absolute atomic E-state index is 0.338. The van der Waals surface area contributed by atoms with Crippen LogP contribution in [0.5, 0.6) is 0 Å². The zero-order valence-electron chi connectivity index (χ0n) is 11.5. The van der Waals surface area contributed by atoms with Crippen molar-refractivity contribution in [3.63, 3.8) is 0 Å². The Hall–Kier alpha value is -2.88. The van der Waals surface area contributed by atoms with Gasteiger partial charge in [0.25, 0.3) is 0 Å². The standard InChI is InChI=1S/C17H14N2O2/c1-12-5-4-7-14(16(12)17(20)21)13-6-2-3-8-15(13)19-10-9-18-11-19/h2-11H,1H3,(H,20,21). The number of hydrogen-bond donors (Lipinski definition) is 1. The van der Waals surface area contributed by atoms with E-state index in [2.05, 4.69) is 4.98 Å². The van der Waals surface area contributed by atoms with E-state index in [4.69, 9.17) is 0 Å². The molecule has 0 aliphatic carbocycles. The minimum atomic E-state index is -0.913. The molecule has 4 nitrogen and oxygen atoms in total. The molecule has 4 heteroatoms. The SMILES string of the molecule is Cc1cccc(-c2ccccc2-n2ccnc2)c1C(=O)O. The van der Waals surface area contributed by atoms with E-state index in [0.717, 1.165) is 16.8 Å². The molecule has 0 amide bonds. The van der Waals surface area contributed by atoms with Gasteiger partial charge in [-0.3, -0.25) is 0 Å². The monoisotopic (exact) mass is 278 g/mol. The molecule has 1 N–H and O–H groups in total. The van der Waals surface area contributed by atoms with Crippen LogP contribution in [-0.2, 0) is 0 Å². The van der Waals surface area contributed by atoms with E-state index >= 15 is 0 Å². The smallest absolute Gasteiger partial charge is 0.336 e. The lowest BCUT2D eigenvalue weighted by Crippen LogP contribution is -2.04. The van der Waals surface area contributed by atoms with Gasteiger partial charge in [0.2, 0.25) is 0 Å². The highest BCUT2D eigenvalue weighted by atomic mass is 16.4. The second-order valence-corrected chi connectivity index (χ2v) is 4.79. The van der Waals surface area contributed by atoms with Gasteiger partial charge in [0.05, 0.1) is 17.6 Å². The number of aromatic nitrogens is 2. The molecular weight excluding hydrogens is 264 g/mol. The molecule has 0 aliphatic rings. The second-order valence-electron chi connectivity index (χ2n) is 4.79. The summed E-state index contributed by atoms with van der Waals surface area (Å²) in [6, 6.07) is 13.2. The van der Waals surface area contributed by atoms with Gasteiger partial charge >= 0.3 is 5.97 Å². The van der Waals surface area contributed by atoms with Crippen LogP contribution in [0.3, 0.4) is 0 Å². The lowest BCUT2D eigenvalue weighted by atomic mass is 9.95. The third-order valence-corrected chi connectivity index (χ3v) is 3.46. The first kappa shape index (κ1) is 13.1. The maximum Gasteiger partial charge on any atom is 0.336 e. The molecule has 1 heterocycles. The summed E-state index contributed by atoms with van der Waals surface area (Å²) in [5, 5.41) is 9.51. The maximum atomic E-state index is 11.6. The van der Waals surface area contributed by atoms with Crippen molar-refractivity contribution in [2.24, 2.45) is 0 Å². The molecule has 0 atom stereocenters. The fourth-order valence-corrected chi connectivity index (χ4v) is 2.50. The van der Waals surface area contributed by atoms with E-state index in [-0.39, 0.29) is 0 Å². The van der Waals surface area contributed by atoms with E-state index in [0.29, 0.717) is 11.1 Å². The highest BCUT2D eigenvalue weighted by molar-refractivity contribution is 5.98. The molecule has 0 fully saturated rings. The van der Waals surface area contributed by atoms with Crippen LogP contribution in [0.15, 0.2) is 61.2 Å². The number of carbonyl (C=O) groups is 1. The molecule has 3 aromatic rings. The van der Waals surface area contributed by atoms with Crippen LogP contribution in [0.2, 0.25) is 0 Å². The van der Waals surface area contributed by atoms with Crippen molar-refractivity contribution in [3.05, 3.63) is 72.3 Å². The molecule has 0 radical (unpaired) electrons. The lowest BCUT2D eigenvalue weighted by molar-refractivity contribution is 0.0697. The summed E-state index contributed by atoms with van der Waals surface area (Å²) in [5.74, 6) is -0.913. The van der Waals surface area contributed by atoms with Gasteiger partial charge in [0.15, 0.2) is 0 Å². The number of carboxylic acids is 1. The zero-order chi connectivity index (χ0) is 14.8. The Bertz CT molecular complexity index is 792. The van der Waals surface area contributed by atoms with Crippen molar-refractivity contribution in [1.82, 2.24) is 9.55 Å². The third kappa shape index (κ3) is 2.31.